The molecule has 0 aliphatic heterocycles. The fourth-order valence-corrected chi connectivity index (χ4v) is 3.25. The lowest BCUT2D eigenvalue weighted by Crippen LogP contribution is -2.14. The predicted octanol–water partition coefficient (Wildman–Crippen LogP) is 5.69. The Bertz CT molecular complexity index is 1190. The number of halogens is 1. The van der Waals surface area contributed by atoms with E-state index in [-0.39, 0.29) is 17.5 Å². The van der Waals surface area contributed by atoms with Gasteiger partial charge in [-0.25, -0.2) is 0 Å². The number of hydrogen-bond donors (Lipinski definition) is 1. The van der Waals surface area contributed by atoms with Crippen molar-refractivity contribution < 1.29 is 18.7 Å². The van der Waals surface area contributed by atoms with E-state index in [0.29, 0.717) is 33.5 Å². The number of benzene rings is 3. The number of fused-ring (bicyclic) bond motifs is 1. The van der Waals surface area contributed by atoms with Gasteiger partial charge in [0, 0.05) is 21.0 Å². The average Bonchev–Trinajstić information content (AvgIpc) is 3.12. The zero-order chi connectivity index (χ0) is 20.4. The van der Waals surface area contributed by atoms with Crippen LogP contribution in [0, 0.1) is 0 Å². The third kappa shape index (κ3) is 3.79. The molecule has 144 valence electrons. The summed E-state index contributed by atoms with van der Waals surface area (Å²) in [4.78, 5) is 25.9. The number of ketones is 1. The molecule has 1 heterocycles. The molecule has 0 saturated heterocycles. The summed E-state index contributed by atoms with van der Waals surface area (Å²) in [5.74, 6) is 0.0829. The summed E-state index contributed by atoms with van der Waals surface area (Å²) in [5.41, 5.74) is 1.79. The standard InChI is InChI=1S/C23H16BrNO4/c1-28-17-12-8-14(9-13-17)21(26)22-20(18-4-2-3-5-19(18)29-22)25-23(27)15-6-10-16(24)11-7-15/h2-13H,1H3,(H,25,27). The van der Waals surface area contributed by atoms with E-state index < -0.39 is 0 Å². The Balaban J connectivity index is 1.75. The van der Waals surface area contributed by atoms with Crippen molar-refractivity contribution >= 4 is 44.3 Å². The second kappa shape index (κ2) is 7.93. The van der Waals surface area contributed by atoms with E-state index in [1.807, 2.05) is 12.1 Å². The van der Waals surface area contributed by atoms with Gasteiger partial charge >= 0.3 is 0 Å². The first kappa shape index (κ1) is 19.0. The van der Waals surface area contributed by atoms with E-state index in [1.54, 1.807) is 67.8 Å². The van der Waals surface area contributed by atoms with Crippen LogP contribution in [0.4, 0.5) is 5.69 Å². The van der Waals surface area contributed by atoms with E-state index in [1.165, 1.54) is 0 Å². The second-order valence-electron chi connectivity index (χ2n) is 6.32. The molecule has 0 saturated carbocycles. The molecule has 29 heavy (non-hydrogen) atoms. The molecule has 0 fully saturated rings. The molecule has 0 atom stereocenters. The maximum atomic E-state index is 13.1. The van der Waals surface area contributed by atoms with Crippen LogP contribution in [0.3, 0.4) is 0 Å². The SMILES string of the molecule is COc1ccc(C(=O)c2oc3ccccc3c2NC(=O)c2ccc(Br)cc2)cc1. The monoisotopic (exact) mass is 449 g/mol. The number of hydrogen-bond acceptors (Lipinski definition) is 4. The van der Waals surface area contributed by atoms with Crippen molar-refractivity contribution in [1.29, 1.82) is 0 Å². The molecule has 5 nitrogen and oxygen atoms in total. The van der Waals surface area contributed by atoms with Crippen molar-refractivity contribution in [2.75, 3.05) is 12.4 Å². The second-order valence-corrected chi connectivity index (χ2v) is 7.24. The molecule has 1 N–H and O–H groups in total. The third-order valence-corrected chi connectivity index (χ3v) is 5.03. The Morgan fingerprint density at radius 2 is 1.55 bits per heavy atom. The minimum Gasteiger partial charge on any atom is -0.497 e. The Kier molecular flexibility index (Phi) is 5.18. The summed E-state index contributed by atoms with van der Waals surface area (Å²) in [7, 11) is 1.56. The highest BCUT2D eigenvalue weighted by Gasteiger charge is 2.23. The molecule has 0 radical (unpaired) electrons. The van der Waals surface area contributed by atoms with Crippen LogP contribution in [0.1, 0.15) is 26.5 Å². The van der Waals surface area contributed by atoms with E-state index in [0.717, 1.165) is 4.47 Å². The van der Waals surface area contributed by atoms with Crippen LogP contribution in [0.2, 0.25) is 0 Å². The van der Waals surface area contributed by atoms with Crippen molar-refractivity contribution in [2.24, 2.45) is 0 Å². The number of carbonyl (C=O) groups excluding carboxylic acids is 2. The molecule has 0 aliphatic carbocycles. The summed E-state index contributed by atoms with van der Waals surface area (Å²) in [5, 5.41) is 3.51. The quantitative estimate of drug-likeness (QED) is 0.397. The molecular weight excluding hydrogens is 434 g/mol. The van der Waals surface area contributed by atoms with E-state index in [2.05, 4.69) is 21.2 Å². The normalized spacial score (nSPS) is 10.7. The molecule has 4 rings (SSSR count). The summed E-state index contributed by atoms with van der Waals surface area (Å²) in [6.45, 7) is 0. The maximum Gasteiger partial charge on any atom is 0.255 e. The third-order valence-electron chi connectivity index (χ3n) is 4.50. The summed E-state index contributed by atoms with van der Waals surface area (Å²) in [6, 6.07) is 20.9. The molecule has 4 aromatic rings. The van der Waals surface area contributed by atoms with Gasteiger partial charge in [0.2, 0.25) is 5.78 Å². The van der Waals surface area contributed by atoms with Gasteiger partial charge in [0.25, 0.3) is 5.91 Å². The van der Waals surface area contributed by atoms with Crippen molar-refractivity contribution in [3.05, 3.63) is 94.2 Å². The summed E-state index contributed by atoms with van der Waals surface area (Å²) < 4.78 is 11.8. The van der Waals surface area contributed by atoms with Crippen LogP contribution in [0.25, 0.3) is 11.0 Å². The Morgan fingerprint density at radius 3 is 2.24 bits per heavy atom. The predicted molar refractivity (Wildman–Crippen MR) is 115 cm³/mol. The molecule has 1 aromatic heterocycles. The van der Waals surface area contributed by atoms with Gasteiger partial charge in [-0.15, -0.1) is 0 Å². The van der Waals surface area contributed by atoms with Gasteiger partial charge < -0.3 is 14.5 Å². The van der Waals surface area contributed by atoms with Crippen molar-refractivity contribution in [3.63, 3.8) is 0 Å². The number of para-hydroxylation sites is 1. The van der Waals surface area contributed by atoms with Crippen LogP contribution in [0.5, 0.6) is 5.75 Å². The number of rotatable bonds is 5. The number of furan rings is 1. The fraction of sp³-hybridized carbons (Fsp3) is 0.0435. The smallest absolute Gasteiger partial charge is 0.255 e. The number of carbonyl (C=O) groups is 2. The van der Waals surface area contributed by atoms with Gasteiger partial charge in [0.1, 0.15) is 11.3 Å². The van der Waals surface area contributed by atoms with Gasteiger partial charge in [-0.05, 0) is 60.7 Å². The van der Waals surface area contributed by atoms with E-state index in [9.17, 15) is 9.59 Å². The van der Waals surface area contributed by atoms with Crippen molar-refractivity contribution in [2.45, 2.75) is 0 Å². The van der Waals surface area contributed by atoms with Crippen LogP contribution < -0.4 is 10.1 Å². The van der Waals surface area contributed by atoms with Gasteiger partial charge in [-0.1, -0.05) is 28.1 Å². The lowest BCUT2D eigenvalue weighted by Gasteiger charge is -2.07. The largest absolute Gasteiger partial charge is 0.497 e. The maximum absolute atomic E-state index is 13.1. The molecule has 6 heteroatoms. The van der Waals surface area contributed by atoms with Crippen LogP contribution >= 0.6 is 15.9 Å². The fourth-order valence-electron chi connectivity index (χ4n) is 2.99. The first-order valence-corrected chi connectivity index (χ1v) is 9.63. The molecular formula is C23H16BrNO4. The molecule has 1 amide bonds. The topological polar surface area (TPSA) is 68.5 Å². The Morgan fingerprint density at radius 1 is 0.897 bits per heavy atom. The van der Waals surface area contributed by atoms with E-state index in [4.69, 9.17) is 9.15 Å². The van der Waals surface area contributed by atoms with Crippen LogP contribution in [0.15, 0.2) is 81.7 Å². The number of nitrogens with one attached hydrogen (secondary N) is 1. The van der Waals surface area contributed by atoms with Crippen molar-refractivity contribution in [3.8, 4) is 5.75 Å². The Hall–Kier alpha value is -3.38. The highest BCUT2D eigenvalue weighted by molar-refractivity contribution is 9.10. The number of anilines is 1. The lowest BCUT2D eigenvalue weighted by molar-refractivity contribution is 0.101. The molecule has 0 bridgehead atoms. The highest BCUT2D eigenvalue weighted by atomic mass is 79.9. The average molecular weight is 450 g/mol. The van der Waals surface area contributed by atoms with E-state index >= 15 is 0 Å². The van der Waals surface area contributed by atoms with Crippen molar-refractivity contribution in [1.82, 2.24) is 0 Å². The number of ether oxygens (including phenoxy) is 1. The van der Waals surface area contributed by atoms with Gasteiger partial charge in [-0.3, -0.25) is 9.59 Å². The Labute approximate surface area is 175 Å². The summed E-state index contributed by atoms with van der Waals surface area (Å²) >= 11 is 3.35. The first-order valence-electron chi connectivity index (χ1n) is 8.84. The highest BCUT2D eigenvalue weighted by Crippen LogP contribution is 2.33. The van der Waals surface area contributed by atoms with Crippen LogP contribution in [-0.4, -0.2) is 18.8 Å². The minimum absolute atomic E-state index is 0.0850. The molecule has 0 unspecified atom stereocenters. The summed E-state index contributed by atoms with van der Waals surface area (Å²) in [6.07, 6.45) is 0. The van der Waals surface area contributed by atoms with Gasteiger partial charge in [0.05, 0.1) is 12.8 Å². The first-order chi connectivity index (χ1) is 14.1. The zero-order valence-corrected chi connectivity index (χ0v) is 17.0. The van der Waals surface area contributed by atoms with Gasteiger partial charge in [-0.2, -0.15) is 0 Å². The molecule has 3 aromatic carbocycles. The lowest BCUT2D eigenvalue weighted by atomic mass is 10.1. The number of amides is 1. The van der Waals surface area contributed by atoms with Gasteiger partial charge in [0.15, 0.2) is 5.76 Å². The van der Waals surface area contributed by atoms with Crippen LogP contribution in [-0.2, 0) is 0 Å². The molecule has 0 aliphatic rings. The molecule has 0 spiro atoms. The minimum atomic E-state index is -0.326. The number of methoxy groups -OCH3 is 1. The zero-order valence-electron chi connectivity index (χ0n) is 15.4.